The van der Waals surface area contributed by atoms with Gasteiger partial charge in [-0.15, -0.1) is 0 Å². The first kappa shape index (κ1) is 12.3. The van der Waals surface area contributed by atoms with Crippen LogP contribution in [-0.2, 0) is 7.05 Å². The Labute approximate surface area is 88.9 Å². The smallest absolute Gasteiger partial charge is 0.405 e. The van der Waals surface area contributed by atoms with E-state index >= 15 is 0 Å². The third kappa shape index (κ3) is 2.65. The van der Waals surface area contributed by atoms with Crippen molar-refractivity contribution in [3.05, 3.63) is 11.3 Å². The van der Waals surface area contributed by atoms with Crippen molar-refractivity contribution < 1.29 is 23.1 Å². The van der Waals surface area contributed by atoms with Crippen LogP contribution in [-0.4, -0.2) is 33.6 Å². The van der Waals surface area contributed by atoms with Gasteiger partial charge >= 0.3 is 12.1 Å². The fourth-order valence-corrected chi connectivity index (χ4v) is 1.30. The average Bonchev–Trinajstić information content (AvgIpc) is 2.35. The quantitative estimate of drug-likeness (QED) is 0.833. The zero-order valence-electron chi connectivity index (χ0n) is 8.59. The SMILES string of the molecule is Cc1nn(C)c(NCC(F)(F)F)c1C(=O)O. The van der Waals surface area contributed by atoms with Crippen molar-refractivity contribution in [2.24, 2.45) is 7.05 Å². The predicted molar refractivity (Wildman–Crippen MR) is 49.4 cm³/mol. The molecule has 0 amide bonds. The number of hydrogen-bond donors (Lipinski definition) is 2. The van der Waals surface area contributed by atoms with Gasteiger partial charge in [0.1, 0.15) is 17.9 Å². The number of carbonyl (C=O) groups is 1. The third-order valence-electron chi connectivity index (χ3n) is 1.89. The second-order valence-corrected chi connectivity index (χ2v) is 3.21. The molecule has 0 saturated heterocycles. The molecule has 2 N–H and O–H groups in total. The molecular formula is C8H10F3N3O2. The molecule has 0 aliphatic rings. The van der Waals surface area contributed by atoms with E-state index in [1.165, 1.54) is 14.0 Å². The van der Waals surface area contributed by atoms with Gasteiger partial charge in [0.2, 0.25) is 0 Å². The molecule has 1 rings (SSSR count). The standard InChI is InChI=1S/C8H10F3N3O2/c1-4-5(7(15)16)6(14(2)13-4)12-3-8(9,10)11/h12H,3H2,1-2H3,(H,15,16). The van der Waals surface area contributed by atoms with Crippen molar-refractivity contribution in [3.8, 4) is 0 Å². The number of rotatable bonds is 3. The highest BCUT2D eigenvalue weighted by Crippen LogP contribution is 2.21. The second-order valence-electron chi connectivity index (χ2n) is 3.21. The van der Waals surface area contributed by atoms with Gasteiger partial charge in [0.25, 0.3) is 0 Å². The number of alkyl halides is 3. The van der Waals surface area contributed by atoms with E-state index in [0.29, 0.717) is 0 Å². The normalized spacial score (nSPS) is 11.6. The maximum absolute atomic E-state index is 12.0. The molecule has 0 aliphatic carbocycles. The van der Waals surface area contributed by atoms with Crippen LogP contribution in [0.2, 0.25) is 0 Å². The van der Waals surface area contributed by atoms with Gasteiger partial charge in [0.05, 0.1) is 5.69 Å². The largest absolute Gasteiger partial charge is 0.477 e. The Balaban J connectivity index is 2.99. The number of carboxylic acid groups (broad SMARTS) is 1. The van der Waals surface area contributed by atoms with Crippen molar-refractivity contribution in [3.63, 3.8) is 0 Å². The Bertz CT molecular complexity index is 411. The van der Waals surface area contributed by atoms with E-state index in [4.69, 9.17) is 5.11 Å². The lowest BCUT2D eigenvalue weighted by molar-refractivity contribution is -0.115. The molecule has 90 valence electrons. The first-order valence-electron chi connectivity index (χ1n) is 4.30. The number of aromatic carboxylic acids is 1. The number of nitrogens with one attached hydrogen (secondary N) is 1. The van der Waals surface area contributed by atoms with Gasteiger partial charge in [-0.05, 0) is 6.92 Å². The molecule has 0 unspecified atom stereocenters. The van der Waals surface area contributed by atoms with Gasteiger partial charge in [-0.25, -0.2) is 4.79 Å². The Morgan fingerprint density at radius 2 is 2.12 bits per heavy atom. The monoisotopic (exact) mass is 237 g/mol. The first-order valence-corrected chi connectivity index (χ1v) is 4.30. The Morgan fingerprint density at radius 3 is 2.56 bits per heavy atom. The van der Waals surface area contributed by atoms with Gasteiger partial charge in [0.15, 0.2) is 0 Å². The number of aromatic nitrogens is 2. The summed E-state index contributed by atoms with van der Waals surface area (Å²) < 4.78 is 37.0. The van der Waals surface area contributed by atoms with Crippen molar-refractivity contribution in [2.45, 2.75) is 13.1 Å². The molecule has 0 saturated carbocycles. The van der Waals surface area contributed by atoms with Crippen LogP contribution < -0.4 is 5.32 Å². The molecule has 0 atom stereocenters. The molecule has 1 aromatic heterocycles. The fourth-order valence-electron chi connectivity index (χ4n) is 1.30. The van der Waals surface area contributed by atoms with Gasteiger partial charge in [-0.2, -0.15) is 18.3 Å². The number of hydrogen-bond acceptors (Lipinski definition) is 3. The number of anilines is 1. The zero-order valence-corrected chi connectivity index (χ0v) is 8.59. The predicted octanol–water partition coefficient (Wildman–Crippen LogP) is 1.40. The number of aryl methyl sites for hydroxylation is 2. The van der Waals surface area contributed by atoms with E-state index in [1.807, 2.05) is 5.32 Å². The van der Waals surface area contributed by atoms with Crippen molar-refractivity contribution >= 4 is 11.8 Å². The van der Waals surface area contributed by atoms with Gasteiger partial charge in [-0.3, -0.25) is 4.68 Å². The maximum Gasteiger partial charge on any atom is 0.405 e. The summed E-state index contributed by atoms with van der Waals surface area (Å²) in [4.78, 5) is 10.8. The minimum absolute atomic E-state index is 0.151. The van der Waals surface area contributed by atoms with Crippen molar-refractivity contribution in [1.82, 2.24) is 9.78 Å². The molecule has 1 heterocycles. The highest BCUT2D eigenvalue weighted by atomic mass is 19.4. The molecule has 1 aromatic rings. The molecule has 0 aromatic carbocycles. The van der Waals surface area contributed by atoms with Crippen LogP contribution in [0.1, 0.15) is 16.1 Å². The Kier molecular flexibility index (Phi) is 3.11. The van der Waals surface area contributed by atoms with E-state index in [-0.39, 0.29) is 17.1 Å². The topological polar surface area (TPSA) is 67.2 Å². The molecule has 0 fully saturated rings. The lowest BCUT2D eigenvalue weighted by Crippen LogP contribution is -2.23. The number of nitrogens with zero attached hydrogens (tertiary/aromatic N) is 2. The minimum Gasteiger partial charge on any atom is -0.477 e. The molecule has 5 nitrogen and oxygen atoms in total. The van der Waals surface area contributed by atoms with Gasteiger partial charge < -0.3 is 10.4 Å². The van der Waals surface area contributed by atoms with E-state index in [2.05, 4.69) is 5.10 Å². The summed E-state index contributed by atoms with van der Waals surface area (Å²) in [6.07, 6.45) is -4.41. The molecule has 16 heavy (non-hydrogen) atoms. The third-order valence-corrected chi connectivity index (χ3v) is 1.89. The lowest BCUT2D eigenvalue weighted by Gasteiger charge is -2.10. The summed E-state index contributed by atoms with van der Waals surface area (Å²) in [5.41, 5.74) is -0.0774. The molecule has 0 radical (unpaired) electrons. The molecular weight excluding hydrogens is 227 g/mol. The van der Waals surface area contributed by atoms with Gasteiger partial charge in [0, 0.05) is 7.05 Å². The van der Waals surface area contributed by atoms with E-state index in [9.17, 15) is 18.0 Å². The second kappa shape index (κ2) is 4.03. The summed E-state index contributed by atoms with van der Waals surface area (Å²) >= 11 is 0. The van der Waals surface area contributed by atoms with Crippen molar-refractivity contribution in [1.29, 1.82) is 0 Å². The van der Waals surface area contributed by atoms with E-state index in [1.54, 1.807) is 0 Å². The summed E-state index contributed by atoms with van der Waals surface area (Å²) in [5.74, 6) is -1.46. The van der Waals surface area contributed by atoms with E-state index in [0.717, 1.165) is 4.68 Å². The highest BCUT2D eigenvalue weighted by molar-refractivity contribution is 5.94. The number of halogens is 3. The summed E-state index contributed by atoms with van der Waals surface area (Å²) in [6, 6.07) is 0. The lowest BCUT2D eigenvalue weighted by atomic mass is 10.2. The Hall–Kier alpha value is -1.73. The van der Waals surface area contributed by atoms with Crippen LogP contribution in [0.25, 0.3) is 0 Å². The molecule has 8 heteroatoms. The van der Waals surface area contributed by atoms with Crippen LogP contribution in [0.4, 0.5) is 19.0 Å². The summed E-state index contributed by atoms with van der Waals surface area (Å²) in [6.45, 7) is 0.120. The van der Waals surface area contributed by atoms with Crippen LogP contribution in [0.15, 0.2) is 0 Å². The van der Waals surface area contributed by atoms with Gasteiger partial charge in [-0.1, -0.05) is 0 Å². The molecule has 0 bridgehead atoms. The first-order chi connectivity index (χ1) is 7.22. The summed E-state index contributed by atoms with van der Waals surface area (Å²) in [5, 5.41) is 14.6. The Morgan fingerprint density at radius 1 is 1.56 bits per heavy atom. The van der Waals surface area contributed by atoms with E-state index < -0.39 is 18.7 Å². The highest BCUT2D eigenvalue weighted by Gasteiger charge is 2.29. The number of carboxylic acids is 1. The van der Waals surface area contributed by atoms with Crippen LogP contribution >= 0.6 is 0 Å². The zero-order chi connectivity index (χ0) is 12.5. The maximum atomic E-state index is 12.0. The van der Waals surface area contributed by atoms with Crippen LogP contribution in [0, 0.1) is 6.92 Å². The van der Waals surface area contributed by atoms with Crippen LogP contribution in [0.5, 0.6) is 0 Å². The molecule has 0 spiro atoms. The average molecular weight is 237 g/mol. The summed E-state index contributed by atoms with van der Waals surface area (Å²) in [7, 11) is 1.37. The van der Waals surface area contributed by atoms with Crippen LogP contribution in [0.3, 0.4) is 0 Å². The fraction of sp³-hybridized carbons (Fsp3) is 0.500. The molecule has 0 aliphatic heterocycles. The minimum atomic E-state index is -4.41. The van der Waals surface area contributed by atoms with Crippen molar-refractivity contribution in [2.75, 3.05) is 11.9 Å².